The summed E-state index contributed by atoms with van der Waals surface area (Å²) in [6.45, 7) is 2.16. The summed E-state index contributed by atoms with van der Waals surface area (Å²) in [5.74, 6) is 2.07. The predicted octanol–water partition coefficient (Wildman–Crippen LogP) is 4.33. The third-order valence-corrected chi connectivity index (χ3v) is 3.49. The summed E-state index contributed by atoms with van der Waals surface area (Å²) >= 11 is 0. The number of hydrogen-bond acceptors (Lipinski definition) is 3. The second kappa shape index (κ2) is 7.02. The third kappa shape index (κ3) is 2.97. The summed E-state index contributed by atoms with van der Waals surface area (Å²) in [4.78, 5) is 0. The lowest BCUT2D eigenvalue weighted by molar-refractivity contribution is 0.324. The quantitative estimate of drug-likeness (QED) is 0.791. The van der Waals surface area contributed by atoms with Crippen LogP contribution >= 0.6 is 0 Å². The van der Waals surface area contributed by atoms with E-state index in [-0.39, 0.29) is 0 Å². The van der Waals surface area contributed by atoms with Crippen LogP contribution in [0.4, 0.5) is 0 Å². The normalized spacial score (nSPS) is 10.3. The first-order chi connectivity index (χ1) is 10.3. The number of methoxy groups -OCH3 is 3. The maximum Gasteiger partial charge on any atom is 0.203 e. The minimum atomic E-state index is 0.638. The van der Waals surface area contributed by atoms with Crippen LogP contribution in [0.5, 0.6) is 17.2 Å². The van der Waals surface area contributed by atoms with Crippen LogP contribution in [0.25, 0.3) is 11.1 Å². The minimum absolute atomic E-state index is 0.638. The van der Waals surface area contributed by atoms with Gasteiger partial charge in [0.2, 0.25) is 5.75 Å². The van der Waals surface area contributed by atoms with Crippen LogP contribution in [0.1, 0.15) is 18.9 Å². The van der Waals surface area contributed by atoms with Crippen molar-refractivity contribution in [3.8, 4) is 28.4 Å². The summed E-state index contributed by atoms with van der Waals surface area (Å²) in [7, 11) is 4.95. The van der Waals surface area contributed by atoms with E-state index in [4.69, 9.17) is 14.2 Å². The number of ether oxygens (including phenoxy) is 3. The van der Waals surface area contributed by atoms with E-state index in [1.807, 2.05) is 24.3 Å². The summed E-state index contributed by atoms with van der Waals surface area (Å²) < 4.78 is 16.6. The van der Waals surface area contributed by atoms with Gasteiger partial charge >= 0.3 is 0 Å². The van der Waals surface area contributed by atoms with Crippen molar-refractivity contribution in [2.24, 2.45) is 0 Å². The maximum absolute atomic E-state index is 5.65. The van der Waals surface area contributed by atoms with Crippen LogP contribution in [0.2, 0.25) is 0 Å². The van der Waals surface area contributed by atoms with Crippen molar-refractivity contribution in [2.45, 2.75) is 19.8 Å². The molecule has 0 saturated heterocycles. The second-order valence-corrected chi connectivity index (χ2v) is 4.80. The molecule has 0 amide bonds. The van der Waals surface area contributed by atoms with Gasteiger partial charge in [-0.15, -0.1) is 0 Å². The van der Waals surface area contributed by atoms with Gasteiger partial charge in [-0.2, -0.15) is 0 Å². The van der Waals surface area contributed by atoms with E-state index >= 15 is 0 Å². The Bertz CT molecular complexity index is 591. The van der Waals surface area contributed by atoms with Gasteiger partial charge in [0.15, 0.2) is 11.5 Å². The number of hydrogen-bond donors (Lipinski definition) is 0. The maximum atomic E-state index is 5.65. The van der Waals surface area contributed by atoms with Gasteiger partial charge in [0.05, 0.1) is 21.3 Å². The molecular formula is C18H22O3. The van der Waals surface area contributed by atoms with Crippen LogP contribution < -0.4 is 14.2 Å². The first-order valence-corrected chi connectivity index (χ1v) is 7.14. The number of rotatable bonds is 6. The van der Waals surface area contributed by atoms with Crippen LogP contribution in [-0.2, 0) is 6.42 Å². The molecule has 0 fully saturated rings. The molecule has 0 spiro atoms. The summed E-state index contributed by atoms with van der Waals surface area (Å²) in [6.07, 6.45) is 2.01. The monoisotopic (exact) mass is 286 g/mol. The highest BCUT2D eigenvalue weighted by Crippen LogP contribution is 2.46. The second-order valence-electron chi connectivity index (χ2n) is 4.80. The average Bonchev–Trinajstić information content (AvgIpc) is 2.54. The molecule has 0 aliphatic rings. The summed E-state index contributed by atoms with van der Waals surface area (Å²) in [5.41, 5.74) is 3.41. The Morgan fingerprint density at radius 1 is 0.857 bits per heavy atom. The van der Waals surface area contributed by atoms with Crippen molar-refractivity contribution in [2.75, 3.05) is 21.3 Å². The molecule has 0 aliphatic heterocycles. The Kier molecular flexibility index (Phi) is 5.09. The molecule has 0 bridgehead atoms. The first kappa shape index (κ1) is 15.2. The largest absolute Gasteiger partial charge is 0.493 e. The third-order valence-electron chi connectivity index (χ3n) is 3.49. The molecule has 0 radical (unpaired) electrons. The molecule has 2 aromatic carbocycles. The molecule has 112 valence electrons. The Morgan fingerprint density at radius 2 is 1.52 bits per heavy atom. The highest BCUT2D eigenvalue weighted by Gasteiger charge is 2.21. The molecule has 0 unspecified atom stereocenters. The van der Waals surface area contributed by atoms with Crippen molar-refractivity contribution in [1.82, 2.24) is 0 Å². The number of aryl methyl sites for hydroxylation is 1. The molecule has 0 saturated carbocycles. The van der Waals surface area contributed by atoms with E-state index in [0.717, 1.165) is 29.7 Å². The van der Waals surface area contributed by atoms with Crippen LogP contribution in [0.3, 0.4) is 0 Å². The van der Waals surface area contributed by atoms with Gasteiger partial charge in [-0.1, -0.05) is 43.7 Å². The summed E-state index contributed by atoms with van der Waals surface area (Å²) in [5, 5.41) is 0. The minimum Gasteiger partial charge on any atom is -0.493 e. The van der Waals surface area contributed by atoms with Gasteiger partial charge in [-0.05, 0) is 23.6 Å². The van der Waals surface area contributed by atoms with Crippen molar-refractivity contribution >= 4 is 0 Å². The number of benzene rings is 2. The molecular weight excluding hydrogens is 264 g/mol. The Hall–Kier alpha value is -2.16. The molecule has 21 heavy (non-hydrogen) atoms. The Labute approximate surface area is 126 Å². The predicted molar refractivity (Wildman–Crippen MR) is 85.5 cm³/mol. The van der Waals surface area contributed by atoms with E-state index in [1.165, 1.54) is 5.56 Å². The summed E-state index contributed by atoms with van der Waals surface area (Å²) in [6, 6.07) is 12.3. The van der Waals surface area contributed by atoms with E-state index < -0.39 is 0 Å². The molecule has 3 nitrogen and oxygen atoms in total. The van der Waals surface area contributed by atoms with E-state index in [2.05, 4.69) is 19.1 Å². The zero-order valence-electron chi connectivity index (χ0n) is 13.1. The van der Waals surface area contributed by atoms with Gasteiger partial charge < -0.3 is 14.2 Å². The fourth-order valence-corrected chi connectivity index (χ4v) is 2.59. The first-order valence-electron chi connectivity index (χ1n) is 7.14. The highest BCUT2D eigenvalue weighted by atomic mass is 16.5. The van der Waals surface area contributed by atoms with Gasteiger partial charge in [0.25, 0.3) is 0 Å². The lowest BCUT2D eigenvalue weighted by atomic mass is 9.94. The molecule has 0 N–H and O–H groups in total. The Morgan fingerprint density at radius 3 is 2.05 bits per heavy atom. The zero-order chi connectivity index (χ0) is 15.2. The van der Waals surface area contributed by atoms with Crippen LogP contribution in [0.15, 0.2) is 36.4 Å². The smallest absolute Gasteiger partial charge is 0.203 e. The van der Waals surface area contributed by atoms with Crippen molar-refractivity contribution in [3.05, 3.63) is 42.0 Å². The lowest BCUT2D eigenvalue weighted by Gasteiger charge is -2.19. The lowest BCUT2D eigenvalue weighted by Crippen LogP contribution is -2.01. The van der Waals surface area contributed by atoms with E-state index in [9.17, 15) is 0 Å². The van der Waals surface area contributed by atoms with Gasteiger partial charge in [-0.3, -0.25) is 0 Å². The van der Waals surface area contributed by atoms with Gasteiger partial charge in [-0.25, -0.2) is 0 Å². The molecule has 3 heteroatoms. The molecule has 2 rings (SSSR count). The van der Waals surface area contributed by atoms with Crippen LogP contribution in [-0.4, -0.2) is 21.3 Å². The van der Waals surface area contributed by atoms with Gasteiger partial charge in [0.1, 0.15) is 0 Å². The van der Waals surface area contributed by atoms with Crippen molar-refractivity contribution in [1.29, 1.82) is 0 Å². The SMILES string of the molecule is CCCc1cc(OC)c(OC)c(OC)c1-c1ccccc1. The topological polar surface area (TPSA) is 27.7 Å². The fourth-order valence-electron chi connectivity index (χ4n) is 2.59. The van der Waals surface area contributed by atoms with E-state index in [0.29, 0.717) is 11.5 Å². The highest BCUT2D eigenvalue weighted by molar-refractivity contribution is 5.79. The van der Waals surface area contributed by atoms with Crippen molar-refractivity contribution in [3.63, 3.8) is 0 Å². The molecule has 0 heterocycles. The molecule has 0 atom stereocenters. The molecule has 0 aromatic heterocycles. The van der Waals surface area contributed by atoms with E-state index in [1.54, 1.807) is 21.3 Å². The zero-order valence-corrected chi connectivity index (χ0v) is 13.1. The van der Waals surface area contributed by atoms with Crippen LogP contribution in [0, 0.1) is 0 Å². The molecule has 0 aliphatic carbocycles. The average molecular weight is 286 g/mol. The van der Waals surface area contributed by atoms with Gasteiger partial charge in [0, 0.05) is 5.56 Å². The molecule has 2 aromatic rings. The standard InChI is InChI=1S/C18H22O3/c1-5-9-14-12-15(19-2)17(20-3)18(21-4)16(14)13-10-7-6-8-11-13/h6-8,10-12H,5,9H2,1-4H3. The Balaban J connectivity index is 2.75. The van der Waals surface area contributed by atoms with Crippen molar-refractivity contribution < 1.29 is 14.2 Å². The fraction of sp³-hybridized carbons (Fsp3) is 0.333.